The van der Waals surface area contributed by atoms with Crippen molar-refractivity contribution in [2.45, 2.75) is 38.9 Å². The van der Waals surface area contributed by atoms with Crippen molar-refractivity contribution >= 4 is 24.3 Å². The third kappa shape index (κ3) is 1.97. The predicted molar refractivity (Wildman–Crippen MR) is 65.0 cm³/mol. The van der Waals surface area contributed by atoms with E-state index in [1.54, 1.807) is 12.3 Å². The summed E-state index contributed by atoms with van der Waals surface area (Å²) < 4.78 is 11.7. The van der Waals surface area contributed by atoms with E-state index < -0.39 is 7.12 Å². The van der Waals surface area contributed by atoms with E-state index in [-0.39, 0.29) is 11.2 Å². The quantitative estimate of drug-likeness (QED) is 0.703. The van der Waals surface area contributed by atoms with Crippen molar-refractivity contribution in [3.8, 4) is 0 Å². The number of nitrogens with zero attached hydrogens (tertiary/aromatic N) is 1. The van der Waals surface area contributed by atoms with Gasteiger partial charge in [-0.3, -0.25) is 4.98 Å². The van der Waals surface area contributed by atoms with Crippen LogP contribution in [0.5, 0.6) is 0 Å². The average Bonchev–Trinajstić information content (AvgIpc) is 2.37. The van der Waals surface area contributed by atoms with Crippen LogP contribution >= 0.6 is 11.6 Å². The Morgan fingerprint density at radius 1 is 1.12 bits per heavy atom. The smallest absolute Gasteiger partial charge is 0.398 e. The van der Waals surface area contributed by atoms with Gasteiger partial charge in [0, 0.05) is 6.20 Å². The van der Waals surface area contributed by atoms with E-state index >= 15 is 0 Å². The zero-order valence-corrected chi connectivity index (χ0v) is 10.7. The molecular formula is C11H15BClNO2. The van der Waals surface area contributed by atoms with Crippen molar-refractivity contribution in [2.24, 2.45) is 0 Å². The summed E-state index contributed by atoms with van der Waals surface area (Å²) in [6, 6.07) is 3.61. The first kappa shape index (κ1) is 11.9. The minimum atomic E-state index is -0.415. The highest BCUT2D eigenvalue weighted by Gasteiger charge is 2.52. The van der Waals surface area contributed by atoms with Crippen LogP contribution in [0.1, 0.15) is 27.7 Å². The molecular weight excluding hydrogens is 224 g/mol. The Balaban J connectivity index is 2.23. The molecule has 0 radical (unpaired) electrons. The molecule has 0 aromatic carbocycles. The second-order valence-corrected chi connectivity index (χ2v) is 5.43. The molecule has 1 aromatic heterocycles. The summed E-state index contributed by atoms with van der Waals surface area (Å²) in [7, 11) is -0.415. The molecule has 0 unspecified atom stereocenters. The lowest BCUT2D eigenvalue weighted by molar-refractivity contribution is 0.00578. The first-order chi connectivity index (χ1) is 7.32. The second kappa shape index (κ2) is 3.72. The van der Waals surface area contributed by atoms with Crippen LogP contribution in [0.25, 0.3) is 0 Å². The van der Waals surface area contributed by atoms with Gasteiger partial charge < -0.3 is 9.31 Å². The van der Waals surface area contributed by atoms with Crippen LogP contribution < -0.4 is 5.59 Å². The molecule has 0 atom stereocenters. The third-order valence-electron chi connectivity index (χ3n) is 3.25. The van der Waals surface area contributed by atoms with E-state index in [0.29, 0.717) is 5.02 Å². The van der Waals surface area contributed by atoms with Gasteiger partial charge in [0.25, 0.3) is 0 Å². The molecule has 3 nitrogen and oxygen atoms in total. The van der Waals surface area contributed by atoms with Crippen LogP contribution in [0, 0.1) is 0 Å². The van der Waals surface area contributed by atoms with Crippen LogP contribution in [0.2, 0.25) is 5.02 Å². The zero-order valence-electron chi connectivity index (χ0n) is 9.95. The molecule has 86 valence electrons. The molecule has 2 heterocycles. The lowest BCUT2D eigenvalue weighted by Crippen LogP contribution is -2.41. The molecule has 1 aromatic rings. The first-order valence-electron chi connectivity index (χ1n) is 5.29. The van der Waals surface area contributed by atoms with E-state index in [0.717, 1.165) is 5.59 Å². The van der Waals surface area contributed by atoms with Gasteiger partial charge in [-0.05, 0) is 39.8 Å². The second-order valence-electron chi connectivity index (χ2n) is 4.99. The monoisotopic (exact) mass is 239 g/mol. The van der Waals surface area contributed by atoms with E-state index in [9.17, 15) is 0 Å². The topological polar surface area (TPSA) is 31.4 Å². The van der Waals surface area contributed by atoms with Crippen molar-refractivity contribution in [2.75, 3.05) is 0 Å². The molecule has 0 amide bonds. The largest absolute Gasteiger partial charge is 0.514 e. The highest BCUT2D eigenvalue weighted by molar-refractivity contribution is 6.61. The Morgan fingerprint density at radius 3 is 2.12 bits per heavy atom. The summed E-state index contributed by atoms with van der Waals surface area (Å²) in [5.41, 5.74) is 0.0841. The van der Waals surface area contributed by atoms with Gasteiger partial charge in [0.05, 0.1) is 21.8 Å². The average molecular weight is 240 g/mol. The standard InChI is InChI=1S/C11H15BClNO2/c1-10(2)11(3,4)16-12(15-10)9-6-5-8(13)7-14-9/h5-7H,1-4H3. The zero-order chi connectivity index (χ0) is 12.0. The van der Waals surface area contributed by atoms with E-state index in [1.807, 2.05) is 33.8 Å². The summed E-state index contributed by atoms with van der Waals surface area (Å²) in [4.78, 5) is 4.21. The first-order valence-corrected chi connectivity index (χ1v) is 5.67. The highest BCUT2D eigenvalue weighted by Crippen LogP contribution is 2.36. The van der Waals surface area contributed by atoms with Gasteiger partial charge in [0.15, 0.2) is 0 Å². The summed E-state index contributed by atoms with van der Waals surface area (Å²) in [6.07, 6.45) is 1.60. The number of hydrogen-bond donors (Lipinski definition) is 0. The summed E-state index contributed by atoms with van der Waals surface area (Å²) in [5.74, 6) is 0. The molecule has 1 aliphatic rings. The molecule has 0 aliphatic carbocycles. The Hall–Kier alpha value is -0.575. The number of rotatable bonds is 1. The van der Waals surface area contributed by atoms with E-state index in [2.05, 4.69) is 4.98 Å². The third-order valence-corrected chi connectivity index (χ3v) is 3.47. The highest BCUT2D eigenvalue weighted by atomic mass is 35.5. The molecule has 0 spiro atoms. The molecule has 2 rings (SSSR count). The summed E-state index contributed by atoms with van der Waals surface area (Å²) in [5, 5.41) is 0.611. The van der Waals surface area contributed by atoms with Crippen LogP contribution in [0.15, 0.2) is 18.3 Å². The van der Waals surface area contributed by atoms with Crippen molar-refractivity contribution < 1.29 is 9.31 Å². The Labute approximate surface area is 101 Å². The molecule has 1 aliphatic heterocycles. The minimum Gasteiger partial charge on any atom is -0.398 e. The lowest BCUT2D eigenvalue weighted by Gasteiger charge is -2.32. The van der Waals surface area contributed by atoms with E-state index in [1.165, 1.54) is 0 Å². The maximum atomic E-state index is 5.86. The minimum absolute atomic E-state index is 0.334. The molecule has 1 fully saturated rings. The Morgan fingerprint density at radius 2 is 1.69 bits per heavy atom. The van der Waals surface area contributed by atoms with Gasteiger partial charge >= 0.3 is 7.12 Å². The fraction of sp³-hybridized carbons (Fsp3) is 0.545. The molecule has 0 bridgehead atoms. The summed E-state index contributed by atoms with van der Waals surface area (Å²) >= 11 is 5.79. The molecule has 0 saturated carbocycles. The molecule has 5 heteroatoms. The fourth-order valence-corrected chi connectivity index (χ4v) is 1.60. The normalized spacial score (nSPS) is 22.4. The number of aromatic nitrogens is 1. The molecule has 1 saturated heterocycles. The van der Waals surface area contributed by atoms with Crippen LogP contribution in [0.4, 0.5) is 0 Å². The number of halogens is 1. The summed E-state index contributed by atoms with van der Waals surface area (Å²) in [6.45, 7) is 8.07. The van der Waals surface area contributed by atoms with Gasteiger partial charge in [-0.1, -0.05) is 11.6 Å². The fourth-order valence-electron chi connectivity index (χ4n) is 1.49. The van der Waals surface area contributed by atoms with Crippen LogP contribution in [0.3, 0.4) is 0 Å². The van der Waals surface area contributed by atoms with Crippen LogP contribution in [-0.2, 0) is 9.31 Å². The predicted octanol–water partition coefficient (Wildman–Crippen LogP) is 2.03. The Kier molecular flexibility index (Phi) is 2.77. The Bertz CT molecular complexity index is 375. The van der Waals surface area contributed by atoms with Gasteiger partial charge in [0.2, 0.25) is 0 Å². The van der Waals surface area contributed by atoms with Gasteiger partial charge in [-0.25, -0.2) is 0 Å². The van der Waals surface area contributed by atoms with E-state index in [4.69, 9.17) is 20.9 Å². The molecule has 16 heavy (non-hydrogen) atoms. The van der Waals surface area contributed by atoms with Crippen molar-refractivity contribution in [1.82, 2.24) is 4.98 Å². The van der Waals surface area contributed by atoms with Gasteiger partial charge in [0.1, 0.15) is 0 Å². The van der Waals surface area contributed by atoms with Crippen molar-refractivity contribution in [1.29, 1.82) is 0 Å². The van der Waals surface area contributed by atoms with Crippen molar-refractivity contribution in [3.63, 3.8) is 0 Å². The van der Waals surface area contributed by atoms with Gasteiger partial charge in [-0.2, -0.15) is 0 Å². The maximum Gasteiger partial charge on any atom is 0.514 e. The van der Waals surface area contributed by atoms with Gasteiger partial charge in [-0.15, -0.1) is 0 Å². The SMILES string of the molecule is CC1(C)OB(c2ccc(Cl)cn2)OC1(C)C. The maximum absolute atomic E-state index is 5.86. The van der Waals surface area contributed by atoms with Crippen LogP contribution in [-0.4, -0.2) is 23.3 Å². The van der Waals surface area contributed by atoms with Crippen molar-refractivity contribution in [3.05, 3.63) is 23.4 Å². The number of pyridine rings is 1. The molecule has 0 N–H and O–H groups in total. The lowest BCUT2D eigenvalue weighted by atomic mass is 9.84. The number of hydrogen-bond acceptors (Lipinski definition) is 3.